The molecule has 0 aromatic carbocycles. The third-order valence-electron chi connectivity index (χ3n) is 2.83. The molecule has 0 unspecified atom stereocenters. The summed E-state index contributed by atoms with van der Waals surface area (Å²) in [5, 5.41) is 32.7. The number of aliphatic hydroxyl groups excluding tert-OH is 2. The van der Waals surface area contributed by atoms with Crippen LogP contribution in [0.3, 0.4) is 0 Å². The van der Waals surface area contributed by atoms with Gasteiger partial charge in [0.25, 0.3) is 0 Å². The lowest BCUT2D eigenvalue weighted by Crippen LogP contribution is -2.52. The van der Waals surface area contributed by atoms with Gasteiger partial charge < -0.3 is 15.5 Å². The van der Waals surface area contributed by atoms with Gasteiger partial charge in [0.15, 0.2) is 0 Å². The summed E-state index contributed by atoms with van der Waals surface area (Å²) >= 11 is 1.24. The highest BCUT2D eigenvalue weighted by Crippen LogP contribution is 2.36. The van der Waals surface area contributed by atoms with Crippen molar-refractivity contribution in [3.63, 3.8) is 0 Å². The molecule has 0 bridgehead atoms. The molecule has 1 amide bonds. The van der Waals surface area contributed by atoms with Crippen LogP contribution in [0.5, 0.6) is 0 Å². The van der Waals surface area contributed by atoms with Gasteiger partial charge in [-0.15, -0.1) is 5.10 Å². The molecule has 0 saturated heterocycles. The van der Waals surface area contributed by atoms with Gasteiger partial charge in [-0.25, -0.2) is 4.68 Å². The number of aromatic nitrogens is 4. The monoisotopic (exact) mass is 287 g/mol. The van der Waals surface area contributed by atoms with Crippen LogP contribution in [0, 0.1) is 0 Å². The largest absolute Gasteiger partial charge is 0.394 e. The fourth-order valence-electron chi connectivity index (χ4n) is 1.46. The van der Waals surface area contributed by atoms with E-state index in [1.807, 2.05) is 0 Å². The smallest absolute Gasteiger partial charge is 0.231 e. The van der Waals surface area contributed by atoms with Crippen LogP contribution in [-0.4, -0.2) is 60.8 Å². The van der Waals surface area contributed by atoms with Gasteiger partial charge in [0, 0.05) is 0 Å². The van der Waals surface area contributed by atoms with Crippen molar-refractivity contribution in [2.24, 2.45) is 0 Å². The van der Waals surface area contributed by atoms with Gasteiger partial charge in [-0.05, 0) is 30.2 Å². The maximum Gasteiger partial charge on any atom is 0.231 e. The van der Waals surface area contributed by atoms with E-state index in [1.54, 1.807) is 11.6 Å². The minimum Gasteiger partial charge on any atom is -0.394 e. The summed E-state index contributed by atoms with van der Waals surface area (Å²) < 4.78 is 1.73. The number of carbonyl (C=O) groups excluding carboxylic acids is 1. The van der Waals surface area contributed by atoms with Crippen molar-refractivity contribution in [2.45, 2.75) is 36.5 Å². The molecule has 1 heterocycles. The van der Waals surface area contributed by atoms with Gasteiger partial charge in [0.05, 0.1) is 30.5 Å². The molecule has 3 N–H and O–H groups in total. The number of nitrogens with zero attached hydrogens (tertiary/aromatic N) is 4. The van der Waals surface area contributed by atoms with E-state index in [2.05, 4.69) is 20.8 Å². The van der Waals surface area contributed by atoms with Crippen molar-refractivity contribution in [3.05, 3.63) is 0 Å². The predicted molar refractivity (Wildman–Crippen MR) is 67.5 cm³/mol. The van der Waals surface area contributed by atoms with Crippen LogP contribution in [0.1, 0.15) is 25.8 Å². The Morgan fingerprint density at radius 3 is 2.79 bits per heavy atom. The van der Waals surface area contributed by atoms with Crippen LogP contribution in [0.25, 0.3) is 0 Å². The average molecular weight is 287 g/mol. The molecule has 0 radical (unpaired) electrons. The van der Waals surface area contributed by atoms with Crippen molar-refractivity contribution in [2.75, 3.05) is 19.0 Å². The first kappa shape index (κ1) is 14.2. The zero-order valence-corrected chi connectivity index (χ0v) is 11.4. The Balaban J connectivity index is 1.84. The fraction of sp³-hybridized carbons (Fsp3) is 0.800. The van der Waals surface area contributed by atoms with Crippen LogP contribution in [0.2, 0.25) is 0 Å². The summed E-state index contributed by atoms with van der Waals surface area (Å²) in [6.07, 6.45) is 2.13. The van der Waals surface area contributed by atoms with E-state index in [0.717, 1.165) is 12.8 Å². The Morgan fingerprint density at radius 1 is 1.53 bits per heavy atom. The van der Waals surface area contributed by atoms with E-state index < -0.39 is 5.54 Å². The molecule has 0 spiro atoms. The van der Waals surface area contributed by atoms with E-state index in [9.17, 15) is 4.79 Å². The predicted octanol–water partition coefficient (Wildman–Crippen LogP) is -1.04. The second-order valence-electron chi connectivity index (χ2n) is 4.85. The molecule has 1 saturated carbocycles. The van der Waals surface area contributed by atoms with E-state index in [4.69, 9.17) is 10.2 Å². The number of tetrazole rings is 1. The Labute approximate surface area is 114 Å². The summed E-state index contributed by atoms with van der Waals surface area (Å²) in [6, 6.07) is 0.362. The minimum absolute atomic E-state index is 0.142. The van der Waals surface area contributed by atoms with Crippen LogP contribution < -0.4 is 5.32 Å². The van der Waals surface area contributed by atoms with Crippen LogP contribution in [0.15, 0.2) is 5.16 Å². The second-order valence-corrected chi connectivity index (χ2v) is 5.79. The quantitative estimate of drug-likeness (QED) is 0.549. The van der Waals surface area contributed by atoms with Crippen molar-refractivity contribution in [1.29, 1.82) is 0 Å². The van der Waals surface area contributed by atoms with Crippen molar-refractivity contribution in [3.8, 4) is 0 Å². The molecule has 1 aliphatic carbocycles. The highest BCUT2D eigenvalue weighted by atomic mass is 32.2. The number of carbonyl (C=O) groups is 1. The first-order valence-corrected chi connectivity index (χ1v) is 7.00. The number of nitrogens with one attached hydrogen (secondary N) is 1. The third-order valence-corrected chi connectivity index (χ3v) is 3.76. The number of aliphatic hydroxyl groups is 2. The van der Waals surface area contributed by atoms with Gasteiger partial charge in [0.2, 0.25) is 11.1 Å². The first-order chi connectivity index (χ1) is 9.08. The molecule has 2 rings (SSSR count). The molecule has 0 aliphatic heterocycles. The molecule has 1 aliphatic rings. The summed E-state index contributed by atoms with van der Waals surface area (Å²) in [7, 11) is 0. The van der Waals surface area contributed by atoms with E-state index >= 15 is 0 Å². The Morgan fingerprint density at radius 2 is 2.21 bits per heavy atom. The highest BCUT2D eigenvalue weighted by Gasteiger charge is 2.29. The Kier molecular flexibility index (Phi) is 4.38. The summed E-state index contributed by atoms with van der Waals surface area (Å²) in [6.45, 7) is 0.934. The molecule has 1 aromatic rings. The van der Waals surface area contributed by atoms with Crippen molar-refractivity contribution >= 4 is 17.7 Å². The molecule has 106 valence electrons. The lowest BCUT2D eigenvalue weighted by Gasteiger charge is -2.25. The maximum atomic E-state index is 11.7. The lowest BCUT2D eigenvalue weighted by atomic mass is 10.1. The number of hydrogen-bond acceptors (Lipinski definition) is 7. The number of hydrogen-bond donors (Lipinski definition) is 3. The van der Waals surface area contributed by atoms with Crippen molar-refractivity contribution in [1.82, 2.24) is 25.5 Å². The zero-order valence-electron chi connectivity index (χ0n) is 10.6. The normalized spacial score (nSPS) is 15.5. The minimum atomic E-state index is -1.000. The number of rotatable bonds is 7. The van der Waals surface area contributed by atoms with E-state index in [1.165, 1.54) is 11.8 Å². The highest BCUT2D eigenvalue weighted by molar-refractivity contribution is 7.99. The zero-order chi connectivity index (χ0) is 13.9. The second kappa shape index (κ2) is 5.85. The fourth-order valence-corrected chi connectivity index (χ4v) is 2.21. The molecule has 8 nitrogen and oxygen atoms in total. The summed E-state index contributed by atoms with van der Waals surface area (Å²) in [4.78, 5) is 11.7. The van der Waals surface area contributed by atoms with E-state index in [0.29, 0.717) is 11.2 Å². The number of amides is 1. The van der Waals surface area contributed by atoms with Crippen LogP contribution >= 0.6 is 11.8 Å². The summed E-state index contributed by atoms with van der Waals surface area (Å²) in [5.41, 5.74) is -1.000. The molecular formula is C10H17N5O3S. The standard InChI is InChI=1S/C10H17N5O3S/c1-10(5-16,6-17)11-8(18)4-19-9-12-13-14-15(9)7-2-3-7/h7,16-17H,2-6H2,1H3,(H,11,18). The first-order valence-electron chi connectivity index (χ1n) is 6.01. The van der Waals surface area contributed by atoms with Gasteiger partial charge in [-0.1, -0.05) is 11.8 Å². The molecule has 9 heteroatoms. The molecule has 0 atom stereocenters. The third kappa shape index (κ3) is 3.64. The Bertz CT molecular complexity index is 444. The van der Waals surface area contributed by atoms with Gasteiger partial charge in [-0.3, -0.25) is 4.79 Å². The molecular weight excluding hydrogens is 270 g/mol. The average Bonchev–Trinajstić information content (AvgIpc) is 3.15. The van der Waals surface area contributed by atoms with Gasteiger partial charge >= 0.3 is 0 Å². The molecule has 19 heavy (non-hydrogen) atoms. The summed E-state index contributed by atoms with van der Waals surface area (Å²) in [5.74, 6) is -0.135. The van der Waals surface area contributed by atoms with Crippen LogP contribution in [-0.2, 0) is 4.79 Å². The van der Waals surface area contributed by atoms with Gasteiger partial charge in [-0.2, -0.15) is 0 Å². The van der Waals surface area contributed by atoms with E-state index in [-0.39, 0.29) is 24.9 Å². The SMILES string of the molecule is CC(CO)(CO)NC(=O)CSc1nnnn1C1CC1. The molecule has 1 aromatic heterocycles. The number of thioether (sulfide) groups is 1. The lowest BCUT2D eigenvalue weighted by molar-refractivity contribution is -0.121. The Hall–Kier alpha value is -1.19. The topological polar surface area (TPSA) is 113 Å². The molecule has 1 fully saturated rings. The van der Waals surface area contributed by atoms with Gasteiger partial charge in [0.1, 0.15) is 0 Å². The van der Waals surface area contributed by atoms with Crippen molar-refractivity contribution < 1.29 is 15.0 Å². The van der Waals surface area contributed by atoms with Crippen LogP contribution in [0.4, 0.5) is 0 Å². The maximum absolute atomic E-state index is 11.7.